The van der Waals surface area contributed by atoms with Gasteiger partial charge in [-0.3, -0.25) is 4.98 Å². The summed E-state index contributed by atoms with van der Waals surface area (Å²) >= 11 is 5.10. The first-order chi connectivity index (χ1) is 10.2. The van der Waals surface area contributed by atoms with E-state index in [-0.39, 0.29) is 0 Å². The molecule has 2 N–H and O–H groups in total. The van der Waals surface area contributed by atoms with E-state index in [9.17, 15) is 0 Å². The molecule has 2 heterocycles. The number of para-hydroxylation sites is 1. The van der Waals surface area contributed by atoms with Crippen molar-refractivity contribution in [2.24, 2.45) is 0 Å². The Morgan fingerprint density at radius 1 is 1.33 bits per heavy atom. The van der Waals surface area contributed by atoms with Crippen LogP contribution >= 0.6 is 27.3 Å². The molecule has 2 aromatic heterocycles. The average molecular weight is 360 g/mol. The number of thiazole rings is 1. The van der Waals surface area contributed by atoms with Crippen LogP contribution in [0.4, 0.5) is 5.13 Å². The van der Waals surface area contributed by atoms with Crippen molar-refractivity contribution < 1.29 is 0 Å². The lowest BCUT2D eigenvalue weighted by Crippen LogP contribution is -1.94. The molecule has 106 valence electrons. The van der Waals surface area contributed by atoms with E-state index in [4.69, 9.17) is 5.73 Å². The number of aromatic nitrogens is 2. The first-order valence-electron chi connectivity index (χ1n) is 6.99. The van der Waals surface area contributed by atoms with Crippen molar-refractivity contribution in [3.05, 3.63) is 51.1 Å². The fourth-order valence-corrected chi connectivity index (χ4v) is 3.99. The quantitative estimate of drug-likeness (QED) is 0.748. The van der Waals surface area contributed by atoms with Crippen LogP contribution in [0, 0.1) is 0 Å². The van der Waals surface area contributed by atoms with Crippen LogP contribution in [0.1, 0.15) is 34.9 Å². The Morgan fingerprint density at radius 2 is 2.19 bits per heavy atom. The van der Waals surface area contributed by atoms with Gasteiger partial charge >= 0.3 is 0 Å². The maximum Gasteiger partial charge on any atom is 0.180 e. The standard InChI is InChI=1S/C16H14BrN3S/c17-12-6-10-2-1-3-11(14(10)19-8-12)7-13-15(9-4-5-9)20-16(18)21-13/h1-3,6,8-9H,4-5,7H2,(H2,18,20). The summed E-state index contributed by atoms with van der Waals surface area (Å²) in [6, 6.07) is 8.44. The van der Waals surface area contributed by atoms with Crippen LogP contribution in [0.2, 0.25) is 0 Å². The van der Waals surface area contributed by atoms with Crippen molar-refractivity contribution in [1.29, 1.82) is 0 Å². The van der Waals surface area contributed by atoms with Crippen LogP contribution in [-0.2, 0) is 6.42 Å². The smallest absolute Gasteiger partial charge is 0.180 e. The molecule has 0 bridgehead atoms. The molecular formula is C16H14BrN3S. The van der Waals surface area contributed by atoms with Crippen LogP contribution in [0.5, 0.6) is 0 Å². The number of nitrogen functional groups attached to an aromatic ring is 1. The molecule has 0 unspecified atom stereocenters. The molecule has 4 rings (SSSR count). The minimum Gasteiger partial charge on any atom is -0.375 e. The molecule has 21 heavy (non-hydrogen) atoms. The third-order valence-electron chi connectivity index (χ3n) is 3.82. The zero-order chi connectivity index (χ0) is 14.4. The zero-order valence-corrected chi connectivity index (χ0v) is 13.7. The summed E-state index contributed by atoms with van der Waals surface area (Å²) < 4.78 is 1.01. The highest BCUT2D eigenvalue weighted by Crippen LogP contribution is 2.43. The van der Waals surface area contributed by atoms with E-state index in [2.05, 4.69) is 50.2 Å². The van der Waals surface area contributed by atoms with Gasteiger partial charge in [-0.05, 0) is 40.4 Å². The van der Waals surface area contributed by atoms with Gasteiger partial charge in [0.1, 0.15) is 0 Å². The highest BCUT2D eigenvalue weighted by molar-refractivity contribution is 9.10. The number of halogens is 1. The van der Waals surface area contributed by atoms with Crippen LogP contribution < -0.4 is 5.73 Å². The van der Waals surface area contributed by atoms with Crippen LogP contribution in [-0.4, -0.2) is 9.97 Å². The number of rotatable bonds is 3. The minimum absolute atomic E-state index is 0.630. The topological polar surface area (TPSA) is 51.8 Å². The fraction of sp³-hybridized carbons (Fsp3) is 0.250. The summed E-state index contributed by atoms with van der Waals surface area (Å²) in [5.41, 5.74) is 9.44. The molecule has 5 heteroatoms. The lowest BCUT2D eigenvalue weighted by molar-refractivity contribution is 1.01. The van der Waals surface area contributed by atoms with E-state index in [1.807, 2.05) is 6.20 Å². The molecule has 0 aliphatic heterocycles. The molecular weight excluding hydrogens is 346 g/mol. The zero-order valence-electron chi connectivity index (χ0n) is 11.3. The molecule has 3 aromatic rings. The molecule has 0 atom stereocenters. The van der Waals surface area contributed by atoms with Gasteiger partial charge in [0, 0.05) is 33.3 Å². The molecule has 1 aromatic carbocycles. The van der Waals surface area contributed by atoms with Crippen molar-refractivity contribution in [1.82, 2.24) is 9.97 Å². The Balaban J connectivity index is 1.77. The fourth-order valence-electron chi connectivity index (χ4n) is 2.70. The maximum absolute atomic E-state index is 5.92. The predicted molar refractivity (Wildman–Crippen MR) is 90.8 cm³/mol. The van der Waals surface area contributed by atoms with Crippen molar-refractivity contribution >= 4 is 43.3 Å². The van der Waals surface area contributed by atoms with Gasteiger partial charge in [-0.2, -0.15) is 0 Å². The summed E-state index contributed by atoms with van der Waals surface area (Å²) in [5, 5.41) is 1.84. The minimum atomic E-state index is 0.630. The van der Waals surface area contributed by atoms with Gasteiger partial charge in [-0.1, -0.05) is 18.2 Å². The van der Waals surface area contributed by atoms with Crippen molar-refractivity contribution in [3.8, 4) is 0 Å². The van der Waals surface area contributed by atoms with E-state index in [0.717, 1.165) is 21.8 Å². The van der Waals surface area contributed by atoms with Gasteiger partial charge < -0.3 is 5.73 Å². The summed E-state index contributed by atoms with van der Waals surface area (Å²) in [5.74, 6) is 0.630. The average Bonchev–Trinajstić information content (AvgIpc) is 3.23. The predicted octanol–water partition coefficient (Wildman–Crippen LogP) is 4.50. The van der Waals surface area contributed by atoms with E-state index in [0.29, 0.717) is 11.0 Å². The molecule has 1 aliphatic carbocycles. The van der Waals surface area contributed by atoms with Gasteiger partial charge in [0.15, 0.2) is 5.13 Å². The van der Waals surface area contributed by atoms with Crippen molar-refractivity contribution in [2.75, 3.05) is 5.73 Å². The Hall–Kier alpha value is -1.46. The first kappa shape index (κ1) is 13.2. The van der Waals surface area contributed by atoms with Gasteiger partial charge in [0.05, 0.1) is 11.2 Å². The first-order valence-corrected chi connectivity index (χ1v) is 8.60. The maximum atomic E-state index is 5.92. The Bertz CT molecular complexity index is 824. The van der Waals surface area contributed by atoms with E-state index < -0.39 is 0 Å². The summed E-state index contributed by atoms with van der Waals surface area (Å²) in [4.78, 5) is 10.4. The number of nitrogens with two attached hydrogens (primary N) is 1. The van der Waals surface area contributed by atoms with Crippen LogP contribution in [0.25, 0.3) is 10.9 Å². The second-order valence-corrected chi connectivity index (χ2v) is 7.48. The molecule has 3 nitrogen and oxygen atoms in total. The number of hydrogen-bond donors (Lipinski definition) is 1. The second-order valence-electron chi connectivity index (χ2n) is 5.45. The Labute approximate surface area is 135 Å². The van der Waals surface area contributed by atoms with Crippen LogP contribution in [0.15, 0.2) is 34.9 Å². The molecule has 1 fully saturated rings. The number of hydrogen-bond acceptors (Lipinski definition) is 4. The van der Waals surface area contributed by atoms with E-state index in [1.165, 1.54) is 29.0 Å². The Kier molecular flexibility index (Phi) is 3.19. The van der Waals surface area contributed by atoms with E-state index >= 15 is 0 Å². The third kappa shape index (κ3) is 2.56. The van der Waals surface area contributed by atoms with Gasteiger partial charge in [-0.25, -0.2) is 4.98 Å². The molecule has 0 radical (unpaired) electrons. The SMILES string of the molecule is Nc1nc(C2CC2)c(Cc2cccc3cc(Br)cnc23)s1. The van der Waals surface area contributed by atoms with E-state index in [1.54, 1.807) is 11.3 Å². The lowest BCUT2D eigenvalue weighted by Gasteiger charge is -2.06. The van der Waals surface area contributed by atoms with Crippen molar-refractivity contribution in [2.45, 2.75) is 25.2 Å². The highest BCUT2D eigenvalue weighted by atomic mass is 79.9. The second kappa shape index (κ2) is 5.07. The summed E-state index contributed by atoms with van der Waals surface area (Å²) in [6.07, 6.45) is 5.22. The molecule has 1 saturated carbocycles. The number of pyridine rings is 1. The van der Waals surface area contributed by atoms with Crippen molar-refractivity contribution in [3.63, 3.8) is 0 Å². The Morgan fingerprint density at radius 3 is 3.00 bits per heavy atom. The van der Waals surface area contributed by atoms with Crippen LogP contribution in [0.3, 0.4) is 0 Å². The molecule has 0 saturated heterocycles. The van der Waals surface area contributed by atoms with Gasteiger partial charge in [0.2, 0.25) is 0 Å². The molecule has 1 aliphatic rings. The third-order valence-corrected chi connectivity index (χ3v) is 5.15. The summed E-state index contributed by atoms with van der Waals surface area (Å²) in [7, 11) is 0. The largest absolute Gasteiger partial charge is 0.375 e. The lowest BCUT2D eigenvalue weighted by atomic mass is 10.0. The highest BCUT2D eigenvalue weighted by Gasteiger charge is 2.29. The number of nitrogens with zero attached hydrogens (tertiary/aromatic N) is 2. The normalized spacial score (nSPS) is 14.7. The molecule has 0 spiro atoms. The number of fused-ring (bicyclic) bond motifs is 1. The molecule has 0 amide bonds. The summed E-state index contributed by atoms with van der Waals surface area (Å²) in [6.45, 7) is 0. The number of anilines is 1. The monoisotopic (exact) mass is 359 g/mol. The number of benzene rings is 1. The van der Waals surface area contributed by atoms with Gasteiger partial charge in [-0.15, -0.1) is 11.3 Å². The van der Waals surface area contributed by atoms with Gasteiger partial charge in [0.25, 0.3) is 0 Å².